The van der Waals surface area contributed by atoms with E-state index in [1.165, 1.54) is 0 Å². The molecule has 0 aromatic carbocycles. The number of nitrogens with zero attached hydrogens (tertiary/aromatic N) is 1. The number of amides is 2. The van der Waals surface area contributed by atoms with Gasteiger partial charge < -0.3 is 19.5 Å². The molecule has 1 saturated heterocycles. The van der Waals surface area contributed by atoms with Crippen molar-refractivity contribution in [3.05, 3.63) is 0 Å². The molecule has 2 amide bonds. The number of nitrogens with one attached hydrogen (secondary N) is 3. The molecule has 1 heterocycles. The van der Waals surface area contributed by atoms with Crippen LogP contribution in [-0.4, -0.2) is 48.5 Å². The average molecular weight is 296 g/mol. The number of hydrogen-bond acceptors (Lipinski definition) is 7. The number of aliphatic imine (C=N–C) groups is 1. The highest BCUT2D eigenvalue weighted by molar-refractivity contribution is 7.11. The van der Waals surface area contributed by atoms with Gasteiger partial charge in [0.25, 0.3) is 0 Å². The molecule has 2 unspecified atom stereocenters. The summed E-state index contributed by atoms with van der Waals surface area (Å²) in [5.74, 6) is -0.164. The second-order valence-electron chi connectivity index (χ2n) is 3.33. The summed E-state index contributed by atoms with van der Waals surface area (Å²) in [6.07, 6.45) is -2.35. The molecule has 0 radical (unpaired) electrons. The molecule has 0 bridgehead atoms. The molecule has 0 spiro atoms. The molecule has 4 atom stereocenters. The van der Waals surface area contributed by atoms with Crippen LogP contribution in [0.3, 0.4) is 0 Å². The zero-order valence-corrected chi connectivity index (χ0v) is 11.6. The number of carbonyl (C=O) groups excluding carboxylic acids is 2. The standard InChI is InChI=1S/C7H14N4O5P2/c12-4-2-8-1-3(4)9-5(10-6(13)15-17)11-7(14)16-18/h3-4,8,12H,1-2,17-18H2,(H2,9,10,11,13,14)/t3-,4-/m1/s1. The fourth-order valence-electron chi connectivity index (χ4n) is 1.30. The van der Waals surface area contributed by atoms with Crippen LogP contribution in [0.4, 0.5) is 9.59 Å². The number of carbonyl (C=O) groups is 2. The Morgan fingerprint density at radius 1 is 1.22 bits per heavy atom. The maximum Gasteiger partial charge on any atom is 0.416 e. The lowest BCUT2D eigenvalue weighted by atomic mass is 10.2. The molecule has 0 aromatic heterocycles. The van der Waals surface area contributed by atoms with E-state index in [1.807, 2.05) is 0 Å². The lowest BCUT2D eigenvalue weighted by Gasteiger charge is -2.13. The van der Waals surface area contributed by atoms with E-state index in [4.69, 9.17) is 0 Å². The number of rotatable bonds is 1. The summed E-state index contributed by atoms with van der Waals surface area (Å²) in [5, 5.41) is 16.8. The minimum Gasteiger partial charge on any atom is -0.435 e. The van der Waals surface area contributed by atoms with Gasteiger partial charge in [-0.2, -0.15) is 0 Å². The molecule has 102 valence electrons. The molecule has 1 aliphatic heterocycles. The molecule has 9 nitrogen and oxygen atoms in total. The number of aliphatic hydroxyl groups excluding tert-OH is 1. The van der Waals surface area contributed by atoms with Gasteiger partial charge in [0.1, 0.15) is 0 Å². The summed E-state index contributed by atoms with van der Waals surface area (Å²) >= 11 is 0. The first-order chi connectivity index (χ1) is 8.56. The van der Waals surface area contributed by atoms with E-state index >= 15 is 0 Å². The summed E-state index contributed by atoms with van der Waals surface area (Å²) in [7, 11) is 3.50. The number of β-amino-alcohol motifs (C(OH)–C–C–N with tert-alkyl or cyclic N) is 1. The van der Waals surface area contributed by atoms with E-state index in [0.29, 0.717) is 13.1 Å². The third-order valence-corrected chi connectivity index (χ3v) is 2.53. The number of guanidine groups is 1. The zero-order valence-electron chi connectivity index (χ0n) is 9.25. The molecule has 1 rings (SSSR count). The highest BCUT2D eigenvalue weighted by Gasteiger charge is 2.25. The Hall–Kier alpha value is -1.01. The molecule has 18 heavy (non-hydrogen) atoms. The Kier molecular flexibility index (Phi) is 6.21. The van der Waals surface area contributed by atoms with E-state index in [1.54, 1.807) is 18.9 Å². The van der Waals surface area contributed by atoms with Crippen molar-refractivity contribution >= 4 is 37.1 Å². The van der Waals surface area contributed by atoms with Crippen molar-refractivity contribution in [1.82, 2.24) is 16.0 Å². The summed E-state index contributed by atoms with van der Waals surface area (Å²) < 4.78 is 8.60. The van der Waals surface area contributed by atoms with Crippen molar-refractivity contribution in [3.8, 4) is 0 Å². The normalized spacial score (nSPS) is 21.9. The Balaban J connectivity index is 2.71. The van der Waals surface area contributed by atoms with Crippen LogP contribution in [0, 0.1) is 0 Å². The third-order valence-electron chi connectivity index (χ3n) is 2.10. The summed E-state index contributed by atoms with van der Waals surface area (Å²) in [5.41, 5.74) is 0. The number of hydrogen-bond donors (Lipinski definition) is 4. The Bertz CT molecular complexity index is 333. The van der Waals surface area contributed by atoms with Crippen molar-refractivity contribution in [2.45, 2.75) is 12.1 Å². The average Bonchev–Trinajstić information content (AvgIpc) is 2.74. The summed E-state index contributed by atoms with van der Waals surface area (Å²) in [4.78, 5) is 26.1. The van der Waals surface area contributed by atoms with Crippen LogP contribution < -0.4 is 16.0 Å². The molecule has 4 N–H and O–H groups in total. The molecule has 11 heteroatoms. The van der Waals surface area contributed by atoms with Gasteiger partial charge in [-0.25, -0.2) is 14.6 Å². The van der Waals surface area contributed by atoms with Gasteiger partial charge in [-0.1, -0.05) is 0 Å². The second kappa shape index (κ2) is 7.43. The lowest BCUT2D eigenvalue weighted by Crippen LogP contribution is -2.44. The minimum atomic E-state index is -0.830. The van der Waals surface area contributed by atoms with Crippen LogP contribution in [0.15, 0.2) is 4.99 Å². The molecule has 1 aliphatic rings. The first-order valence-corrected chi connectivity index (χ1v) is 5.83. The predicted octanol–water partition coefficient (Wildman–Crippen LogP) is -1.29. The van der Waals surface area contributed by atoms with Gasteiger partial charge in [-0.3, -0.25) is 10.6 Å². The quantitative estimate of drug-likeness (QED) is 0.271. The Morgan fingerprint density at radius 3 is 2.17 bits per heavy atom. The van der Waals surface area contributed by atoms with Crippen LogP contribution in [0.2, 0.25) is 0 Å². The van der Waals surface area contributed by atoms with E-state index < -0.39 is 24.3 Å². The van der Waals surface area contributed by atoms with Gasteiger partial charge in [0.2, 0.25) is 5.96 Å². The zero-order chi connectivity index (χ0) is 13.5. The second-order valence-corrected chi connectivity index (χ2v) is 3.80. The van der Waals surface area contributed by atoms with Crippen LogP contribution in [0.25, 0.3) is 0 Å². The SMILES string of the molecule is O=C(NC(=N[C@@H]1CNC[C@H]1O)NC(=O)OP)OP. The van der Waals surface area contributed by atoms with Gasteiger partial charge >= 0.3 is 12.2 Å². The van der Waals surface area contributed by atoms with Crippen molar-refractivity contribution in [2.24, 2.45) is 4.99 Å². The minimum absolute atomic E-state index is 0.164. The van der Waals surface area contributed by atoms with Gasteiger partial charge in [0, 0.05) is 13.1 Å². The smallest absolute Gasteiger partial charge is 0.416 e. The highest BCUT2D eigenvalue weighted by Crippen LogP contribution is 2.04. The summed E-state index contributed by atoms with van der Waals surface area (Å²) in [6, 6.07) is -0.477. The van der Waals surface area contributed by atoms with Crippen molar-refractivity contribution in [2.75, 3.05) is 13.1 Å². The molecule has 0 aliphatic carbocycles. The van der Waals surface area contributed by atoms with Gasteiger partial charge in [-0.15, -0.1) is 0 Å². The van der Waals surface area contributed by atoms with Crippen molar-refractivity contribution in [1.29, 1.82) is 0 Å². The van der Waals surface area contributed by atoms with E-state index in [9.17, 15) is 14.7 Å². The molecule has 1 fully saturated rings. The van der Waals surface area contributed by atoms with Crippen LogP contribution in [-0.2, 0) is 9.05 Å². The maximum absolute atomic E-state index is 11.0. The first-order valence-electron chi connectivity index (χ1n) is 4.88. The number of aliphatic hydroxyl groups is 1. The summed E-state index contributed by atoms with van der Waals surface area (Å²) in [6.45, 7) is 0.823. The van der Waals surface area contributed by atoms with Crippen LogP contribution in [0.1, 0.15) is 0 Å². The topological polar surface area (TPSA) is 121 Å². The Morgan fingerprint density at radius 2 is 1.78 bits per heavy atom. The first kappa shape index (κ1) is 15.0. The fourth-order valence-corrected chi connectivity index (χ4v) is 1.41. The van der Waals surface area contributed by atoms with E-state index in [2.05, 4.69) is 30.0 Å². The highest BCUT2D eigenvalue weighted by atomic mass is 31.0. The van der Waals surface area contributed by atoms with Gasteiger partial charge in [-0.05, 0) is 0 Å². The lowest BCUT2D eigenvalue weighted by molar-refractivity contribution is 0.179. The van der Waals surface area contributed by atoms with E-state index in [0.717, 1.165) is 0 Å². The van der Waals surface area contributed by atoms with Crippen LogP contribution >= 0.6 is 18.9 Å². The molecule has 0 saturated carbocycles. The van der Waals surface area contributed by atoms with Crippen molar-refractivity contribution in [3.63, 3.8) is 0 Å². The van der Waals surface area contributed by atoms with Gasteiger partial charge in [0.15, 0.2) is 0 Å². The van der Waals surface area contributed by atoms with E-state index in [-0.39, 0.29) is 5.96 Å². The molecular formula is C7H14N4O5P2. The monoisotopic (exact) mass is 296 g/mol. The Labute approximate surface area is 108 Å². The molecule has 0 aromatic rings. The fraction of sp³-hybridized carbons (Fsp3) is 0.571. The molecular weight excluding hydrogens is 282 g/mol. The largest absolute Gasteiger partial charge is 0.435 e. The third kappa shape index (κ3) is 4.70. The van der Waals surface area contributed by atoms with Crippen molar-refractivity contribution < 1.29 is 23.7 Å². The maximum atomic E-state index is 11.0. The predicted molar refractivity (Wildman–Crippen MR) is 68.8 cm³/mol. The van der Waals surface area contributed by atoms with Gasteiger partial charge in [0.05, 0.1) is 31.1 Å². The van der Waals surface area contributed by atoms with Crippen LogP contribution in [0.5, 0.6) is 0 Å².